The standard InChI is InChI=1S/C20H31ClFN5O3/c21-18-13-8-16(23-15(13)2-1-14(18)22)20(29)26-4-5-27-12(9-26)7-17(25-27)24-19(28)11-3-6-30-10-11/h11-18,23,25H,1-10H2,(H,24,28). The fourth-order valence-electron chi connectivity index (χ4n) is 5.77. The first kappa shape index (κ1) is 20.9. The molecule has 168 valence electrons. The number of alkyl halides is 2. The van der Waals surface area contributed by atoms with Crippen LogP contribution in [0.25, 0.3) is 0 Å². The Labute approximate surface area is 181 Å². The summed E-state index contributed by atoms with van der Waals surface area (Å²) in [5.74, 6) is 0.100. The van der Waals surface area contributed by atoms with Crippen LogP contribution in [0.5, 0.6) is 0 Å². The van der Waals surface area contributed by atoms with E-state index in [4.69, 9.17) is 16.3 Å². The van der Waals surface area contributed by atoms with Crippen LogP contribution in [0.15, 0.2) is 0 Å². The number of rotatable bonds is 3. The molecule has 5 rings (SSSR count). The molecule has 8 atom stereocenters. The van der Waals surface area contributed by atoms with Crippen molar-refractivity contribution in [3.63, 3.8) is 0 Å². The zero-order chi connectivity index (χ0) is 20.8. The molecule has 0 aromatic carbocycles. The minimum atomic E-state index is -0.973. The van der Waals surface area contributed by atoms with Gasteiger partial charge in [0, 0.05) is 44.7 Å². The van der Waals surface area contributed by atoms with Gasteiger partial charge in [-0.05, 0) is 31.6 Å². The smallest absolute Gasteiger partial charge is 0.239 e. The maximum Gasteiger partial charge on any atom is 0.239 e. The van der Waals surface area contributed by atoms with Gasteiger partial charge in [0.2, 0.25) is 11.8 Å². The Morgan fingerprint density at radius 2 is 2.03 bits per heavy atom. The molecule has 4 aliphatic heterocycles. The first-order valence-corrected chi connectivity index (χ1v) is 11.7. The van der Waals surface area contributed by atoms with Gasteiger partial charge in [0.05, 0.1) is 30.1 Å². The van der Waals surface area contributed by atoms with Crippen LogP contribution in [0.2, 0.25) is 0 Å². The number of nitrogens with one attached hydrogen (secondary N) is 3. The normalized spacial score (nSPS) is 44.0. The number of nitrogens with zero attached hydrogens (tertiary/aromatic N) is 2. The molecule has 0 aromatic heterocycles. The van der Waals surface area contributed by atoms with Gasteiger partial charge in [-0.2, -0.15) is 0 Å². The maximum atomic E-state index is 14.0. The molecule has 4 saturated heterocycles. The molecule has 0 radical (unpaired) electrons. The molecule has 1 saturated carbocycles. The number of hydrogen-bond donors (Lipinski definition) is 3. The van der Waals surface area contributed by atoms with E-state index in [0.717, 1.165) is 25.8 Å². The first-order valence-electron chi connectivity index (χ1n) is 11.2. The summed E-state index contributed by atoms with van der Waals surface area (Å²) in [7, 11) is 0. The quantitative estimate of drug-likeness (QED) is 0.531. The van der Waals surface area contributed by atoms with Crippen molar-refractivity contribution < 1.29 is 18.7 Å². The van der Waals surface area contributed by atoms with Crippen molar-refractivity contribution in [1.82, 2.24) is 26.0 Å². The van der Waals surface area contributed by atoms with Gasteiger partial charge in [0.1, 0.15) is 6.17 Å². The van der Waals surface area contributed by atoms with E-state index in [1.807, 2.05) is 4.90 Å². The Balaban J connectivity index is 1.14. The van der Waals surface area contributed by atoms with Crippen molar-refractivity contribution in [1.29, 1.82) is 0 Å². The summed E-state index contributed by atoms with van der Waals surface area (Å²) < 4.78 is 19.3. The second kappa shape index (κ2) is 8.50. The molecular formula is C20H31ClFN5O3. The summed E-state index contributed by atoms with van der Waals surface area (Å²) in [6.07, 6.45) is 2.28. The molecule has 10 heteroatoms. The van der Waals surface area contributed by atoms with E-state index in [9.17, 15) is 14.0 Å². The lowest BCUT2D eigenvalue weighted by molar-refractivity contribution is -0.136. The predicted molar refractivity (Wildman–Crippen MR) is 108 cm³/mol. The second-order valence-corrected chi connectivity index (χ2v) is 9.88. The highest BCUT2D eigenvalue weighted by Crippen LogP contribution is 2.38. The van der Waals surface area contributed by atoms with Gasteiger partial charge < -0.3 is 20.3 Å². The van der Waals surface area contributed by atoms with Gasteiger partial charge in [-0.3, -0.25) is 9.59 Å². The van der Waals surface area contributed by atoms with Crippen LogP contribution in [-0.4, -0.2) is 90.4 Å². The third kappa shape index (κ3) is 3.95. The third-order valence-electron chi connectivity index (χ3n) is 7.49. The highest BCUT2D eigenvalue weighted by molar-refractivity contribution is 6.21. The summed E-state index contributed by atoms with van der Waals surface area (Å²) in [4.78, 5) is 27.4. The predicted octanol–water partition coefficient (Wildman–Crippen LogP) is -0.0277. The van der Waals surface area contributed by atoms with Gasteiger partial charge in [-0.1, -0.05) is 0 Å². The average molecular weight is 444 g/mol. The van der Waals surface area contributed by atoms with Crippen molar-refractivity contribution in [3.8, 4) is 0 Å². The maximum absolute atomic E-state index is 14.0. The number of hydrogen-bond acceptors (Lipinski definition) is 6. The Kier molecular flexibility index (Phi) is 5.92. The van der Waals surface area contributed by atoms with Crippen LogP contribution >= 0.6 is 11.6 Å². The van der Waals surface area contributed by atoms with Crippen LogP contribution < -0.4 is 16.1 Å². The summed E-state index contributed by atoms with van der Waals surface area (Å²) in [5.41, 5.74) is 3.38. The molecule has 5 fully saturated rings. The number of carbonyl (C=O) groups is 2. The highest BCUT2D eigenvalue weighted by atomic mass is 35.5. The van der Waals surface area contributed by atoms with E-state index in [2.05, 4.69) is 21.1 Å². The third-order valence-corrected chi connectivity index (χ3v) is 8.08. The Morgan fingerprint density at radius 1 is 1.17 bits per heavy atom. The monoisotopic (exact) mass is 443 g/mol. The SMILES string of the molecule is O=C(NC1CC2CN(C(=O)C3CC4C(CCC(F)C4Cl)N3)CCN2N1)C1CCOC1. The second-order valence-electron chi connectivity index (χ2n) is 9.38. The number of halogens is 2. The molecule has 0 bridgehead atoms. The molecule has 2 amide bonds. The minimum absolute atomic E-state index is 0.0259. The summed E-state index contributed by atoms with van der Waals surface area (Å²) in [5, 5.41) is 8.15. The molecule has 1 aliphatic carbocycles. The largest absolute Gasteiger partial charge is 0.381 e. The van der Waals surface area contributed by atoms with Crippen molar-refractivity contribution in [3.05, 3.63) is 0 Å². The van der Waals surface area contributed by atoms with E-state index < -0.39 is 11.5 Å². The number of ether oxygens (including phenoxy) is 1. The lowest BCUT2D eigenvalue weighted by Gasteiger charge is -2.38. The summed E-state index contributed by atoms with van der Waals surface area (Å²) >= 11 is 6.30. The van der Waals surface area contributed by atoms with Gasteiger partial charge in [0.15, 0.2) is 0 Å². The summed E-state index contributed by atoms with van der Waals surface area (Å²) in [6.45, 7) is 3.14. The van der Waals surface area contributed by atoms with Crippen molar-refractivity contribution >= 4 is 23.4 Å². The number of hydrazine groups is 1. The lowest BCUT2D eigenvalue weighted by atomic mass is 9.83. The van der Waals surface area contributed by atoms with E-state index in [1.165, 1.54) is 0 Å². The molecule has 0 aromatic rings. The van der Waals surface area contributed by atoms with Crippen LogP contribution in [0, 0.1) is 11.8 Å². The lowest BCUT2D eigenvalue weighted by Crippen LogP contribution is -2.58. The number of carbonyl (C=O) groups excluding carboxylic acids is 2. The van der Waals surface area contributed by atoms with Gasteiger partial charge >= 0.3 is 0 Å². The van der Waals surface area contributed by atoms with E-state index in [-0.39, 0.29) is 47.9 Å². The molecule has 3 N–H and O–H groups in total. The molecule has 4 heterocycles. The van der Waals surface area contributed by atoms with Crippen LogP contribution in [0.3, 0.4) is 0 Å². The molecule has 8 nitrogen and oxygen atoms in total. The topological polar surface area (TPSA) is 85.9 Å². The first-order chi connectivity index (χ1) is 14.5. The molecule has 0 spiro atoms. The minimum Gasteiger partial charge on any atom is -0.381 e. The Morgan fingerprint density at radius 3 is 2.83 bits per heavy atom. The van der Waals surface area contributed by atoms with Gasteiger partial charge in [-0.15, -0.1) is 11.6 Å². The van der Waals surface area contributed by atoms with E-state index in [0.29, 0.717) is 39.1 Å². The zero-order valence-corrected chi connectivity index (χ0v) is 17.8. The van der Waals surface area contributed by atoms with Crippen molar-refractivity contribution in [2.24, 2.45) is 11.8 Å². The van der Waals surface area contributed by atoms with E-state index in [1.54, 1.807) is 0 Å². The zero-order valence-electron chi connectivity index (χ0n) is 17.1. The highest BCUT2D eigenvalue weighted by Gasteiger charge is 2.48. The van der Waals surface area contributed by atoms with Crippen LogP contribution in [0.1, 0.15) is 32.1 Å². The number of fused-ring (bicyclic) bond motifs is 2. The molecule has 30 heavy (non-hydrogen) atoms. The van der Waals surface area contributed by atoms with Crippen LogP contribution in [0.4, 0.5) is 4.39 Å². The average Bonchev–Trinajstić information content (AvgIpc) is 3.48. The van der Waals surface area contributed by atoms with E-state index >= 15 is 0 Å². The number of piperazine rings is 1. The van der Waals surface area contributed by atoms with Crippen molar-refractivity contribution in [2.75, 3.05) is 32.8 Å². The molecular weight excluding hydrogens is 413 g/mol. The Hall–Kier alpha value is -1.00. The molecule has 8 unspecified atom stereocenters. The number of amides is 2. The molecule has 5 aliphatic rings. The fraction of sp³-hybridized carbons (Fsp3) is 0.900. The summed E-state index contributed by atoms with van der Waals surface area (Å²) in [6, 6.07) is 0.0416. The van der Waals surface area contributed by atoms with Crippen LogP contribution in [-0.2, 0) is 14.3 Å². The Bertz CT molecular complexity index is 681. The van der Waals surface area contributed by atoms with Gasteiger partial charge in [-0.25, -0.2) is 14.8 Å². The van der Waals surface area contributed by atoms with Gasteiger partial charge in [0.25, 0.3) is 0 Å². The van der Waals surface area contributed by atoms with Crippen molar-refractivity contribution in [2.45, 2.75) is 67.9 Å². The fourth-order valence-corrected chi connectivity index (χ4v) is 6.17.